The van der Waals surface area contributed by atoms with Gasteiger partial charge in [-0.2, -0.15) is 0 Å². The van der Waals surface area contributed by atoms with Gasteiger partial charge in [0.05, 0.1) is 10.6 Å². The van der Waals surface area contributed by atoms with Crippen molar-refractivity contribution >= 4 is 56.7 Å². The lowest BCUT2D eigenvalue weighted by Crippen LogP contribution is -2.41. The van der Waals surface area contributed by atoms with E-state index in [4.69, 9.17) is 16.6 Å². The Kier molecular flexibility index (Phi) is 7.37. The summed E-state index contributed by atoms with van der Waals surface area (Å²) in [5.41, 5.74) is 1.51. The largest absolute Gasteiger partial charge is 0.283 e. The van der Waals surface area contributed by atoms with E-state index in [2.05, 4.69) is 13.5 Å². The van der Waals surface area contributed by atoms with Gasteiger partial charge in [0.2, 0.25) is 5.91 Å². The molecule has 2 atom stereocenters. The van der Waals surface area contributed by atoms with Crippen LogP contribution in [0.25, 0.3) is 10.2 Å². The normalized spacial score (nSPS) is 20.3. The van der Waals surface area contributed by atoms with Crippen LogP contribution in [0.15, 0.2) is 46.9 Å². The summed E-state index contributed by atoms with van der Waals surface area (Å²) in [7, 11) is 0. The van der Waals surface area contributed by atoms with Crippen molar-refractivity contribution in [1.29, 1.82) is 0 Å². The van der Waals surface area contributed by atoms with E-state index >= 15 is 0 Å². The van der Waals surface area contributed by atoms with Crippen LogP contribution in [0.5, 0.6) is 0 Å². The van der Waals surface area contributed by atoms with Gasteiger partial charge in [-0.1, -0.05) is 42.8 Å². The Morgan fingerprint density at radius 2 is 2.03 bits per heavy atom. The van der Waals surface area contributed by atoms with Gasteiger partial charge in [0.15, 0.2) is 5.16 Å². The molecule has 0 saturated carbocycles. The predicted octanol–water partition coefficient (Wildman–Crippen LogP) is 5.74. The maximum atomic E-state index is 13.6. The van der Waals surface area contributed by atoms with Crippen LogP contribution in [0.2, 0.25) is 5.02 Å². The molecule has 2 aromatic heterocycles. The van der Waals surface area contributed by atoms with E-state index in [0.717, 1.165) is 47.9 Å². The molecule has 1 aliphatic heterocycles. The molecule has 1 fully saturated rings. The number of likely N-dealkylation sites (tertiary alicyclic amines) is 1. The molecule has 1 saturated heterocycles. The smallest absolute Gasteiger partial charge is 0.263 e. The van der Waals surface area contributed by atoms with E-state index in [0.29, 0.717) is 41.2 Å². The number of imide groups is 1. The van der Waals surface area contributed by atoms with E-state index in [1.807, 2.05) is 0 Å². The summed E-state index contributed by atoms with van der Waals surface area (Å²) in [6.07, 6.45) is 6.81. The molecule has 3 aromatic rings. The van der Waals surface area contributed by atoms with Crippen molar-refractivity contribution in [2.45, 2.75) is 62.4 Å². The van der Waals surface area contributed by atoms with E-state index in [9.17, 15) is 14.4 Å². The number of thiophene rings is 1. The minimum absolute atomic E-state index is 0.0652. The molecule has 5 rings (SSSR count). The predicted molar refractivity (Wildman–Crippen MR) is 146 cm³/mol. The van der Waals surface area contributed by atoms with E-state index in [1.54, 1.807) is 46.2 Å². The zero-order chi connectivity index (χ0) is 25.4. The van der Waals surface area contributed by atoms with Crippen LogP contribution in [0.4, 0.5) is 0 Å². The molecule has 0 spiro atoms. The first-order valence-electron chi connectivity index (χ1n) is 12.3. The monoisotopic (exact) mass is 541 g/mol. The minimum atomic E-state index is -0.501. The Labute approximate surface area is 223 Å². The Morgan fingerprint density at radius 3 is 2.78 bits per heavy atom. The number of benzene rings is 1. The third-order valence-corrected chi connectivity index (χ3v) is 9.56. The Balaban J connectivity index is 1.49. The van der Waals surface area contributed by atoms with Gasteiger partial charge in [0, 0.05) is 28.6 Å². The highest BCUT2D eigenvalue weighted by atomic mass is 35.5. The number of carbonyl (C=O) groups is 2. The van der Waals surface area contributed by atoms with Crippen molar-refractivity contribution < 1.29 is 9.59 Å². The fraction of sp³-hybridized carbons (Fsp3) is 0.407. The molecule has 3 heterocycles. The SMILES string of the molecule is C=CCn1c(S[C@@H]2CCCCN(C(=O)c3ccc(Cl)cc3)C2=O)nc2sc3c(c2c1=O)CC[C@H](C)C3. The number of thioether (sulfide) groups is 1. The van der Waals surface area contributed by atoms with Crippen LogP contribution in [-0.2, 0) is 24.2 Å². The molecule has 0 bridgehead atoms. The van der Waals surface area contributed by atoms with Crippen molar-refractivity contribution in [2.24, 2.45) is 5.92 Å². The molecule has 0 unspecified atom stereocenters. The van der Waals surface area contributed by atoms with Crippen molar-refractivity contribution in [3.8, 4) is 0 Å². The first-order valence-corrected chi connectivity index (χ1v) is 14.4. The first-order chi connectivity index (χ1) is 17.4. The zero-order valence-electron chi connectivity index (χ0n) is 20.2. The lowest BCUT2D eigenvalue weighted by Gasteiger charge is -2.23. The quantitative estimate of drug-likeness (QED) is 0.234. The van der Waals surface area contributed by atoms with Gasteiger partial charge in [-0.25, -0.2) is 4.98 Å². The average Bonchev–Trinajstić information content (AvgIpc) is 3.12. The number of halogens is 1. The molecular weight excluding hydrogens is 514 g/mol. The third kappa shape index (κ3) is 4.78. The maximum Gasteiger partial charge on any atom is 0.263 e. The fourth-order valence-corrected chi connectivity index (χ4v) is 7.73. The van der Waals surface area contributed by atoms with Crippen LogP contribution in [0, 0.1) is 5.92 Å². The number of hydrogen-bond acceptors (Lipinski definition) is 6. The van der Waals surface area contributed by atoms with Crippen molar-refractivity contribution in [3.63, 3.8) is 0 Å². The molecule has 188 valence electrons. The minimum Gasteiger partial charge on any atom is -0.283 e. The topological polar surface area (TPSA) is 72.3 Å². The highest BCUT2D eigenvalue weighted by Crippen LogP contribution is 2.37. The second kappa shape index (κ2) is 10.5. The fourth-order valence-electron chi connectivity index (χ4n) is 4.98. The van der Waals surface area contributed by atoms with Crippen LogP contribution >= 0.6 is 34.7 Å². The Hall–Kier alpha value is -2.42. The molecule has 36 heavy (non-hydrogen) atoms. The summed E-state index contributed by atoms with van der Waals surface area (Å²) < 4.78 is 1.63. The summed E-state index contributed by atoms with van der Waals surface area (Å²) in [5.74, 6) is 0.0370. The van der Waals surface area contributed by atoms with Crippen molar-refractivity contribution in [2.75, 3.05) is 6.54 Å². The zero-order valence-corrected chi connectivity index (χ0v) is 22.6. The number of nitrogens with zero attached hydrogens (tertiary/aromatic N) is 3. The van der Waals surface area contributed by atoms with Gasteiger partial charge in [0.1, 0.15) is 4.83 Å². The summed E-state index contributed by atoms with van der Waals surface area (Å²) in [6, 6.07) is 6.58. The van der Waals surface area contributed by atoms with Gasteiger partial charge < -0.3 is 0 Å². The standard InChI is InChI=1S/C27H28ClN3O3S2/c1-3-13-31-26(34)22-19-12-7-16(2)15-21(19)35-23(22)29-27(31)36-20-6-4-5-14-30(25(20)33)24(32)17-8-10-18(28)11-9-17/h3,8-11,16,20H,1,4-7,12-15H2,2H3/t16-,20+/m0/s1. The third-order valence-electron chi connectivity index (χ3n) is 6.92. The molecule has 6 nitrogen and oxygen atoms in total. The summed E-state index contributed by atoms with van der Waals surface area (Å²) in [4.78, 5) is 48.6. The summed E-state index contributed by atoms with van der Waals surface area (Å²) >= 11 is 8.87. The molecule has 0 N–H and O–H groups in total. The molecule has 1 aromatic carbocycles. The molecule has 2 amide bonds. The second-order valence-corrected chi connectivity index (χ2v) is 12.2. The number of amides is 2. The molecule has 1 aliphatic carbocycles. The first kappa shape index (κ1) is 25.2. The van der Waals surface area contributed by atoms with Crippen molar-refractivity contribution in [3.05, 3.63) is 68.3 Å². The van der Waals surface area contributed by atoms with Crippen LogP contribution < -0.4 is 5.56 Å². The lowest BCUT2D eigenvalue weighted by atomic mass is 9.89. The van der Waals surface area contributed by atoms with Gasteiger partial charge in [-0.05, 0) is 67.9 Å². The highest BCUT2D eigenvalue weighted by Gasteiger charge is 2.34. The Morgan fingerprint density at radius 1 is 1.25 bits per heavy atom. The van der Waals surface area contributed by atoms with Gasteiger partial charge >= 0.3 is 0 Å². The number of aromatic nitrogens is 2. The van der Waals surface area contributed by atoms with Crippen LogP contribution in [0.1, 0.15) is 53.4 Å². The molecule has 0 radical (unpaired) electrons. The number of allylic oxidation sites excluding steroid dienone is 1. The van der Waals surface area contributed by atoms with E-state index < -0.39 is 5.25 Å². The number of rotatable bonds is 5. The number of carbonyl (C=O) groups excluding carboxylic acids is 2. The average molecular weight is 542 g/mol. The summed E-state index contributed by atoms with van der Waals surface area (Å²) in [5, 5.41) is 1.27. The van der Waals surface area contributed by atoms with Crippen molar-refractivity contribution in [1.82, 2.24) is 14.5 Å². The number of fused-ring (bicyclic) bond motifs is 3. The second-order valence-electron chi connectivity index (χ2n) is 9.53. The number of aryl methyl sites for hydroxylation is 1. The highest BCUT2D eigenvalue weighted by molar-refractivity contribution is 8.00. The van der Waals surface area contributed by atoms with Crippen LogP contribution in [-0.4, -0.2) is 38.1 Å². The lowest BCUT2D eigenvalue weighted by molar-refractivity contribution is -0.127. The summed E-state index contributed by atoms with van der Waals surface area (Å²) in [6.45, 7) is 6.77. The Bertz CT molecular complexity index is 1400. The number of hydrogen-bond donors (Lipinski definition) is 0. The molecule has 9 heteroatoms. The van der Waals surface area contributed by atoms with Crippen LogP contribution in [0.3, 0.4) is 0 Å². The maximum absolute atomic E-state index is 13.6. The van der Waals surface area contributed by atoms with E-state index in [1.165, 1.54) is 21.5 Å². The molecule has 2 aliphatic rings. The van der Waals surface area contributed by atoms with Gasteiger partial charge in [-0.3, -0.25) is 23.9 Å². The van der Waals surface area contributed by atoms with Gasteiger partial charge in [-0.15, -0.1) is 17.9 Å². The van der Waals surface area contributed by atoms with Gasteiger partial charge in [0.25, 0.3) is 11.5 Å². The molecular formula is C27H28ClN3O3S2. The van der Waals surface area contributed by atoms with E-state index in [-0.39, 0.29) is 17.4 Å².